The highest BCUT2D eigenvalue weighted by Gasteiger charge is 1.96. The van der Waals surface area contributed by atoms with Gasteiger partial charge in [0.15, 0.2) is 0 Å². The predicted molar refractivity (Wildman–Crippen MR) is 66.5 cm³/mol. The minimum Gasteiger partial charge on any atom is -0.480 e. The van der Waals surface area contributed by atoms with Crippen LogP contribution in [0, 0.1) is 5.82 Å². The summed E-state index contributed by atoms with van der Waals surface area (Å²) in [7, 11) is 2.19. The lowest BCUT2D eigenvalue weighted by Crippen LogP contribution is -1.89. The van der Waals surface area contributed by atoms with E-state index in [1.54, 1.807) is 12.1 Å². The zero-order chi connectivity index (χ0) is 11.4. The Morgan fingerprint density at radius 1 is 0.875 bits per heavy atom. The summed E-state index contributed by atoms with van der Waals surface area (Å²) in [6, 6.07) is 13.7. The van der Waals surface area contributed by atoms with Crippen LogP contribution in [0.15, 0.2) is 48.5 Å². The molecule has 0 aliphatic rings. The Balaban J connectivity index is 2.11. The average molecular weight is 235 g/mol. The van der Waals surface area contributed by atoms with Gasteiger partial charge in [0, 0.05) is 11.4 Å². The van der Waals surface area contributed by atoms with Crippen LogP contribution in [-0.4, -0.2) is 0 Å². The molecule has 0 aliphatic carbocycles. The van der Waals surface area contributed by atoms with E-state index in [0.29, 0.717) is 0 Å². The first-order valence-corrected chi connectivity index (χ1v) is 5.24. The molecule has 0 heterocycles. The van der Waals surface area contributed by atoms with E-state index < -0.39 is 0 Å². The van der Waals surface area contributed by atoms with E-state index in [0.717, 1.165) is 17.1 Å². The molecule has 0 saturated carbocycles. The largest absolute Gasteiger partial charge is 0.480 e. The molecule has 0 aromatic heterocycles. The van der Waals surface area contributed by atoms with Crippen molar-refractivity contribution in [3.05, 3.63) is 54.3 Å². The Bertz CT molecular complexity index is 455. The summed E-state index contributed by atoms with van der Waals surface area (Å²) in [5, 5.41) is 3.15. The van der Waals surface area contributed by atoms with E-state index >= 15 is 0 Å². The smallest absolute Gasteiger partial charge is 0.123 e. The number of halogens is 1. The number of benzene rings is 2. The molecular weight excluding hydrogens is 224 g/mol. The second kappa shape index (κ2) is 4.95. The maximum absolute atomic E-state index is 12.7. The van der Waals surface area contributed by atoms with E-state index in [9.17, 15) is 4.39 Å². The van der Waals surface area contributed by atoms with Gasteiger partial charge in [0.05, 0.1) is 9.47 Å². The zero-order valence-corrected chi connectivity index (χ0v) is 9.64. The van der Waals surface area contributed by atoms with Crippen LogP contribution in [0.25, 0.3) is 0 Å². The summed E-state index contributed by atoms with van der Waals surface area (Å²) in [6.07, 6.45) is 0. The van der Waals surface area contributed by atoms with Crippen LogP contribution in [0.4, 0.5) is 15.8 Å². The van der Waals surface area contributed by atoms with Crippen molar-refractivity contribution in [3.8, 4) is 5.75 Å². The fourth-order valence-electron chi connectivity index (χ4n) is 1.32. The Hall–Kier alpha value is -1.60. The van der Waals surface area contributed by atoms with Crippen molar-refractivity contribution in [3.63, 3.8) is 0 Å². The first-order chi connectivity index (χ1) is 7.78. The number of hydrogen-bond acceptors (Lipinski definition) is 2. The van der Waals surface area contributed by atoms with Crippen LogP contribution in [0.5, 0.6) is 5.75 Å². The van der Waals surface area contributed by atoms with Gasteiger partial charge in [-0.1, -0.05) is 0 Å². The van der Waals surface area contributed by atoms with Crippen LogP contribution < -0.4 is 9.84 Å². The van der Waals surface area contributed by atoms with Gasteiger partial charge in [-0.05, 0) is 48.5 Å². The fourth-order valence-corrected chi connectivity index (χ4v) is 1.47. The average Bonchev–Trinajstić information content (AvgIpc) is 2.33. The quantitative estimate of drug-likeness (QED) is 0.818. The third kappa shape index (κ3) is 2.71. The molecule has 0 amide bonds. The van der Waals surface area contributed by atoms with E-state index in [4.69, 9.17) is 4.52 Å². The van der Waals surface area contributed by atoms with Crippen molar-refractivity contribution >= 4 is 20.8 Å². The highest BCUT2D eigenvalue weighted by Crippen LogP contribution is 2.20. The minimum absolute atomic E-state index is 0.239. The molecule has 2 nitrogen and oxygen atoms in total. The van der Waals surface area contributed by atoms with Crippen molar-refractivity contribution in [2.24, 2.45) is 0 Å². The van der Waals surface area contributed by atoms with Crippen LogP contribution in [0.3, 0.4) is 0 Å². The molecule has 0 radical (unpaired) electrons. The van der Waals surface area contributed by atoms with Crippen LogP contribution in [0.1, 0.15) is 0 Å². The number of nitrogens with one attached hydrogen (secondary N) is 1. The van der Waals surface area contributed by atoms with Gasteiger partial charge in [0.2, 0.25) is 0 Å². The van der Waals surface area contributed by atoms with Gasteiger partial charge < -0.3 is 9.84 Å². The van der Waals surface area contributed by atoms with E-state index in [1.807, 2.05) is 24.3 Å². The summed E-state index contributed by atoms with van der Waals surface area (Å²) in [6.45, 7) is 0. The maximum Gasteiger partial charge on any atom is 0.123 e. The topological polar surface area (TPSA) is 21.3 Å². The van der Waals surface area contributed by atoms with Crippen molar-refractivity contribution in [1.82, 2.24) is 0 Å². The number of hydrogen-bond donors (Lipinski definition) is 1. The lowest BCUT2D eigenvalue weighted by Gasteiger charge is -2.06. The van der Waals surface area contributed by atoms with Gasteiger partial charge in [-0.2, -0.15) is 0 Å². The van der Waals surface area contributed by atoms with Gasteiger partial charge >= 0.3 is 0 Å². The molecule has 0 saturated heterocycles. The highest BCUT2D eigenvalue weighted by molar-refractivity contribution is 7.10. The Labute approximate surface area is 95.7 Å². The fraction of sp³-hybridized carbons (Fsp3) is 0. The number of anilines is 2. The first-order valence-electron chi connectivity index (χ1n) is 4.77. The molecule has 16 heavy (non-hydrogen) atoms. The van der Waals surface area contributed by atoms with Crippen LogP contribution >= 0.6 is 9.47 Å². The molecule has 1 atom stereocenters. The Morgan fingerprint density at radius 2 is 1.38 bits per heavy atom. The summed E-state index contributed by atoms with van der Waals surface area (Å²) >= 11 is 0. The summed E-state index contributed by atoms with van der Waals surface area (Å²) < 4.78 is 17.7. The molecule has 0 bridgehead atoms. The molecule has 1 N–H and O–H groups in total. The van der Waals surface area contributed by atoms with Gasteiger partial charge in [-0.25, -0.2) is 4.39 Å². The Morgan fingerprint density at radius 3 is 1.88 bits per heavy atom. The minimum atomic E-state index is -0.239. The van der Waals surface area contributed by atoms with Crippen LogP contribution in [0.2, 0.25) is 0 Å². The normalized spacial score (nSPS) is 9.88. The second-order valence-corrected chi connectivity index (χ2v) is 3.51. The third-order valence-electron chi connectivity index (χ3n) is 2.12. The lowest BCUT2D eigenvalue weighted by molar-refractivity contribution is 0.628. The van der Waals surface area contributed by atoms with E-state index in [1.165, 1.54) is 12.1 Å². The van der Waals surface area contributed by atoms with Crippen molar-refractivity contribution in [1.29, 1.82) is 0 Å². The van der Waals surface area contributed by atoms with Crippen LogP contribution in [-0.2, 0) is 0 Å². The van der Waals surface area contributed by atoms with E-state index in [2.05, 4.69) is 14.8 Å². The monoisotopic (exact) mass is 235 g/mol. The maximum atomic E-state index is 12.7. The molecule has 2 aromatic rings. The van der Waals surface area contributed by atoms with Crippen molar-refractivity contribution in [2.75, 3.05) is 5.32 Å². The van der Waals surface area contributed by atoms with Gasteiger partial charge in [0.1, 0.15) is 11.6 Å². The molecule has 0 spiro atoms. The molecule has 2 aromatic carbocycles. The standard InChI is InChI=1S/C12H11FNOP/c13-9-1-3-10(4-2-9)14-11-5-7-12(15-16)8-6-11/h1-8,14H,16H2. The molecule has 0 fully saturated rings. The predicted octanol–water partition coefficient (Wildman–Crippen LogP) is 3.74. The Kier molecular flexibility index (Phi) is 3.37. The van der Waals surface area contributed by atoms with Gasteiger partial charge in [0.25, 0.3) is 0 Å². The van der Waals surface area contributed by atoms with Gasteiger partial charge in [-0.15, -0.1) is 0 Å². The summed E-state index contributed by atoms with van der Waals surface area (Å²) in [5.41, 5.74) is 1.78. The summed E-state index contributed by atoms with van der Waals surface area (Å²) in [4.78, 5) is 0. The SMILES string of the molecule is Fc1ccc(Nc2ccc(OP)cc2)cc1. The van der Waals surface area contributed by atoms with Gasteiger partial charge in [-0.3, -0.25) is 0 Å². The molecule has 1 unspecified atom stereocenters. The molecular formula is C12H11FNOP. The second-order valence-electron chi connectivity index (χ2n) is 3.27. The number of rotatable bonds is 3. The molecule has 4 heteroatoms. The van der Waals surface area contributed by atoms with E-state index in [-0.39, 0.29) is 5.82 Å². The summed E-state index contributed by atoms with van der Waals surface area (Å²) in [5.74, 6) is 0.534. The molecule has 82 valence electrons. The third-order valence-corrected chi connectivity index (χ3v) is 2.40. The highest BCUT2D eigenvalue weighted by atomic mass is 31.0. The lowest BCUT2D eigenvalue weighted by atomic mass is 10.2. The molecule has 2 rings (SSSR count). The zero-order valence-electron chi connectivity index (χ0n) is 8.48. The first kappa shape index (κ1) is 10.9. The van der Waals surface area contributed by atoms with Crippen molar-refractivity contribution < 1.29 is 8.91 Å². The molecule has 0 aliphatic heterocycles. The van der Waals surface area contributed by atoms with Crippen molar-refractivity contribution in [2.45, 2.75) is 0 Å².